The zero-order valence-corrected chi connectivity index (χ0v) is 13.9. The third-order valence-corrected chi connectivity index (χ3v) is 3.99. The minimum atomic E-state index is -2.72. The summed E-state index contributed by atoms with van der Waals surface area (Å²) < 4.78 is 28.0. The van der Waals surface area contributed by atoms with E-state index in [0.29, 0.717) is 22.3 Å². The van der Waals surface area contributed by atoms with E-state index < -0.39 is 12.5 Å². The first kappa shape index (κ1) is 16.8. The topological polar surface area (TPSA) is 72.7 Å². The number of carbonyl (C=O) groups is 1. The summed E-state index contributed by atoms with van der Waals surface area (Å²) in [4.78, 5) is 24.2. The Kier molecular flexibility index (Phi) is 4.29. The van der Waals surface area contributed by atoms with Crippen molar-refractivity contribution in [2.24, 2.45) is 0 Å². The summed E-state index contributed by atoms with van der Waals surface area (Å²) in [5.41, 5.74) is 2.06. The maximum atomic E-state index is 13.6. The largest absolute Gasteiger partial charge is 0.321 e. The van der Waals surface area contributed by atoms with Crippen LogP contribution in [0.15, 0.2) is 67.1 Å². The van der Waals surface area contributed by atoms with Crippen molar-refractivity contribution in [3.8, 4) is 11.4 Å². The average Bonchev–Trinajstić information content (AvgIpc) is 3.09. The first-order valence-electron chi connectivity index (χ1n) is 8.06. The van der Waals surface area contributed by atoms with Crippen LogP contribution < -0.4 is 5.32 Å². The lowest BCUT2D eigenvalue weighted by Gasteiger charge is -2.09. The van der Waals surface area contributed by atoms with E-state index >= 15 is 0 Å². The molecular weight excluding hydrogens is 352 g/mol. The molecule has 0 aliphatic carbocycles. The summed E-state index contributed by atoms with van der Waals surface area (Å²) >= 11 is 0. The second kappa shape index (κ2) is 6.91. The van der Waals surface area contributed by atoms with Crippen LogP contribution in [0.5, 0.6) is 0 Å². The molecule has 6 nitrogen and oxygen atoms in total. The van der Waals surface area contributed by atoms with Crippen LogP contribution in [0, 0.1) is 0 Å². The number of para-hydroxylation sites is 2. The lowest BCUT2D eigenvalue weighted by atomic mass is 10.2. The fraction of sp³-hybridized carbons (Fsp3) is 0.0526. The molecule has 0 fully saturated rings. The number of nitrogens with zero attached hydrogens (tertiary/aromatic N) is 4. The van der Waals surface area contributed by atoms with Gasteiger partial charge in [0.1, 0.15) is 11.5 Å². The second-order valence-electron chi connectivity index (χ2n) is 5.69. The highest BCUT2D eigenvalue weighted by Crippen LogP contribution is 2.30. The van der Waals surface area contributed by atoms with Crippen LogP contribution in [-0.4, -0.2) is 25.4 Å². The van der Waals surface area contributed by atoms with Crippen molar-refractivity contribution < 1.29 is 13.6 Å². The standard InChI is InChI=1S/C19H13F2N5O/c20-19(21)26-16-4-2-1-3-14(16)25-17(26)12-5-7-13(8-6-12)24-18(27)15-11-22-9-10-23-15/h1-11,19H,(H,24,27). The number of alkyl halides is 2. The van der Waals surface area contributed by atoms with Gasteiger partial charge in [0.2, 0.25) is 0 Å². The van der Waals surface area contributed by atoms with Crippen molar-refractivity contribution in [2.45, 2.75) is 6.55 Å². The Morgan fingerprint density at radius 2 is 1.81 bits per heavy atom. The van der Waals surface area contributed by atoms with Crippen molar-refractivity contribution >= 4 is 22.6 Å². The van der Waals surface area contributed by atoms with Crippen LogP contribution in [-0.2, 0) is 0 Å². The molecule has 0 saturated carbocycles. The smallest absolute Gasteiger partial charge is 0.320 e. The lowest BCUT2D eigenvalue weighted by molar-refractivity contribution is 0.0764. The number of nitrogens with one attached hydrogen (secondary N) is 1. The van der Waals surface area contributed by atoms with Gasteiger partial charge < -0.3 is 5.32 Å². The molecule has 27 heavy (non-hydrogen) atoms. The fourth-order valence-electron chi connectivity index (χ4n) is 2.76. The number of imidazole rings is 1. The number of fused-ring (bicyclic) bond motifs is 1. The van der Waals surface area contributed by atoms with E-state index in [1.807, 2.05) is 0 Å². The van der Waals surface area contributed by atoms with Gasteiger partial charge in [0.25, 0.3) is 5.91 Å². The van der Waals surface area contributed by atoms with Crippen LogP contribution in [0.25, 0.3) is 22.4 Å². The van der Waals surface area contributed by atoms with E-state index in [9.17, 15) is 13.6 Å². The molecule has 4 aromatic rings. The maximum Gasteiger partial charge on any atom is 0.320 e. The molecular formula is C19H13F2N5O. The first-order valence-corrected chi connectivity index (χ1v) is 8.06. The normalized spacial score (nSPS) is 11.1. The molecule has 0 aliphatic rings. The Morgan fingerprint density at radius 1 is 1.04 bits per heavy atom. The van der Waals surface area contributed by atoms with E-state index in [2.05, 4.69) is 20.3 Å². The van der Waals surface area contributed by atoms with Crippen molar-refractivity contribution in [1.29, 1.82) is 0 Å². The highest BCUT2D eigenvalue weighted by atomic mass is 19.3. The zero-order chi connectivity index (χ0) is 18.8. The van der Waals surface area contributed by atoms with Gasteiger partial charge in [-0.25, -0.2) is 9.97 Å². The molecule has 2 aromatic heterocycles. The highest BCUT2D eigenvalue weighted by Gasteiger charge is 2.18. The summed E-state index contributed by atoms with van der Waals surface area (Å²) in [6.45, 7) is -2.72. The Balaban J connectivity index is 1.64. The van der Waals surface area contributed by atoms with Gasteiger partial charge in [-0.3, -0.25) is 14.3 Å². The Labute approximate surface area is 152 Å². The van der Waals surface area contributed by atoms with Crippen molar-refractivity contribution in [3.05, 3.63) is 72.8 Å². The number of benzene rings is 2. The molecule has 0 atom stereocenters. The predicted octanol–water partition coefficient (Wildman–Crippen LogP) is 4.14. The molecule has 1 amide bonds. The van der Waals surface area contributed by atoms with E-state index in [1.54, 1.807) is 48.5 Å². The molecule has 2 aromatic carbocycles. The number of hydrogen-bond acceptors (Lipinski definition) is 4. The number of hydrogen-bond donors (Lipinski definition) is 1. The molecule has 0 bridgehead atoms. The predicted molar refractivity (Wildman–Crippen MR) is 96.4 cm³/mol. The highest BCUT2D eigenvalue weighted by molar-refractivity contribution is 6.02. The molecule has 0 spiro atoms. The van der Waals surface area contributed by atoms with E-state index in [0.717, 1.165) is 4.57 Å². The number of carbonyl (C=O) groups excluding carboxylic acids is 1. The van der Waals surface area contributed by atoms with Crippen molar-refractivity contribution in [1.82, 2.24) is 19.5 Å². The van der Waals surface area contributed by atoms with Crippen LogP contribution in [0.4, 0.5) is 14.5 Å². The summed E-state index contributed by atoms with van der Waals surface area (Å²) in [6, 6.07) is 13.2. The molecule has 134 valence electrons. The monoisotopic (exact) mass is 365 g/mol. The number of halogens is 2. The van der Waals surface area contributed by atoms with E-state index in [4.69, 9.17) is 0 Å². The quantitative estimate of drug-likeness (QED) is 0.590. The molecule has 0 saturated heterocycles. The van der Waals surface area contributed by atoms with Crippen LogP contribution in [0.1, 0.15) is 17.0 Å². The second-order valence-corrected chi connectivity index (χ2v) is 5.69. The van der Waals surface area contributed by atoms with Gasteiger partial charge in [-0.15, -0.1) is 0 Å². The molecule has 0 aliphatic heterocycles. The average molecular weight is 365 g/mol. The van der Waals surface area contributed by atoms with Gasteiger partial charge in [-0.1, -0.05) is 12.1 Å². The lowest BCUT2D eigenvalue weighted by Crippen LogP contribution is -2.13. The Hall–Kier alpha value is -3.68. The molecule has 2 heterocycles. The van der Waals surface area contributed by atoms with Gasteiger partial charge >= 0.3 is 6.55 Å². The summed E-state index contributed by atoms with van der Waals surface area (Å²) in [5.74, 6) is -0.242. The van der Waals surface area contributed by atoms with Gasteiger partial charge in [-0.05, 0) is 36.4 Å². The summed E-state index contributed by atoms with van der Waals surface area (Å²) in [6.07, 6.45) is 4.25. The molecule has 1 N–H and O–H groups in total. The van der Waals surface area contributed by atoms with E-state index in [-0.39, 0.29) is 11.5 Å². The number of amides is 1. The molecule has 0 unspecified atom stereocenters. The third kappa shape index (κ3) is 3.24. The van der Waals surface area contributed by atoms with Gasteiger partial charge in [-0.2, -0.15) is 8.78 Å². The van der Waals surface area contributed by atoms with Gasteiger partial charge in [0.15, 0.2) is 0 Å². The van der Waals surface area contributed by atoms with Crippen LogP contribution >= 0.6 is 0 Å². The Bertz CT molecular complexity index is 1090. The number of aromatic nitrogens is 4. The van der Waals surface area contributed by atoms with E-state index in [1.165, 1.54) is 18.6 Å². The molecule has 8 heteroatoms. The maximum absolute atomic E-state index is 13.6. The minimum absolute atomic E-state index is 0.165. The summed E-state index contributed by atoms with van der Waals surface area (Å²) in [5, 5.41) is 2.68. The number of rotatable bonds is 4. The van der Waals surface area contributed by atoms with Crippen LogP contribution in [0.3, 0.4) is 0 Å². The van der Waals surface area contributed by atoms with Crippen molar-refractivity contribution in [2.75, 3.05) is 5.32 Å². The Morgan fingerprint density at radius 3 is 2.52 bits per heavy atom. The SMILES string of the molecule is O=C(Nc1ccc(-c2nc3ccccc3n2C(F)F)cc1)c1cnccn1. The van der Waals surface area contributed by atoms with Crippen molar-refractivity contribution in [3.63, 3.8) is 0 Å². The first-order chi connectivity index (χ1) is 13.1. The number of anilines is 1. The fourth-order valence-corrected chi connectivity index (χ4v) is 2.76. The minimum Gasteiger partial charge on any atom is -0.321 e. The van der Waals surface area contributed by atoms with Gasteiger partial charge in [0, 0.05) is 23.6 Å². The third-order valence-electron chi connectivity index (χ3n) is 3.99. The molecule has 0 radical (unpaired) electrons. The zero-order valence-electron chi connectivity index (χ0n) is 13.9. The molecule has 4 rings (SSSR count). The van der Waals surface area contributed by atoms with Crippen LogP contribution in [0.2, 0.25) is 0 Å². The van der Waals surface area contributed by atoms with Gasteiger partial charge in [0.05, 0.1) is 17.2 Å². The summed E-state index contributed by atoms with van der Waals surface area (Å²) in [7, 11) is 0.